The third-order valence-electron chi connectivity index (χ3n) is 2.22. The number of nitrogens with one attached hydrogen (secondary N) is 2. The van der Waals surface area contributed by atoms with Gasteiger partial charge in [-0.3, -0.25) is 9.48 Å². The van der Waals surface area contributed by atoms with Crippen LogP contribution in [0.2, 0.25) is 0 Å². The van der Waals surface area contributed by atoms with Gasteiger partial charge in [-0.15, -0.1) is 0 Å². The second kappa shape index (κ2) is 6.27. The van der Waals surface area contributed by atoms with Gasteiger partial charge in [-0.2, -0.15) is 5.10 Å². The first kappa shape index (κ1) is 12.7. The Kier molecular flexibility index (Phi) is 4.98. The van der Waals surface area contributed by atoms with Crippen molar-refractivity contribution in [2.75, 3.05) is 11.9 Å². The summed E-state index contributed by atoms with van der Waals surface area (Å²) >= 11 is 0. The fourth-order valence-corrected chi connectivity index (χ4v) is 1.34. The van der Waals surface area contributed by atoms with Crippen LogP contribution in [-0.2, 0) is 11.8 Å². The highest BCUT2D eigenvalue weighted by atomic mass is 16.1. The maximum absolute atomic E-state index is 11.5. The zero-order chi connectivity index (χ0) is 12.0. The molecule has 0 atom stereocenters. The van der Waals surface area contributed by atoms with Crippen LogP contribution in [-0.4, -0.2) is 28.3 Å². The zero-order valence-electron chi connectivity index (χ0n) is 10.2. The number of carbonyl (C=O) groups is 1. The molecule has 1 heterocycles. The lowest BCUT2D eigenvalue weighted by molar-refractivity contribution is -0.116. The van der Waals surface area contributed by atoms with E-state index >= 15 is 0 Å². The van der Waals surface area contributed by atoms with Crippen LogP contribution in [0.5, 0.6) is 0 Å². The Morgan fingerprint density at radius 3 is 2.88 bits per heavy atom. The third-order valence-corrected chi connectivity index (χ3v) is 2.22. The van der Waals surface area contributed by atoms with Crippen molar-refractivity contribution in [2.24, 2.45) is 7.05 Å². The van der Waals surface area contributed by atoms with E-state index in [0.29, 0.717) is 12.5 Å². The fourth-order valence-electron chi connectivity index (χ4n) is 1.34. The Hall–Kier alpha value is -1.36. The Morgan fingerprint density at radius 2 is 2.31 bits per heavy atom. The molecule has 0 aliphatic carbocycles. The van der Waals surface area contributed by atoms with E-state index in [1.54, 1.807) is 24.0 Å². The average Bonchev–Trinajstić information content (AvgIpc) is 2.59. The van der Waals surface area contributed by atoms with E-state index in [2.05, 4.69) is 29.6 Å². The minimum atomic E-state index is 0.0363. The standard InChI is InChI=1S/C11H20N4O/c1-9(2)12-7-4-5-11(16)14-10-6-8-13-15(10)3/h6,8-9,12H,4-5,7H2,1-3H3,(H,14,16). The molecule has 0 saturated heterocycles. The van der Waals surface area contributed by atoms with Gasteiger partial charge in [0.05, 0.1) is 6.20 Å². The van der Waals surface area contributed by atoms with Gasteiger partial charge in [0.1, 0.15) is 5.82 Å². The summed E-state index contributed by atoms with van der Waals surface area (Å²) in [6, 6.07) is 2.25. The molecule has 0 saturated carbocycles. The first-order valence-corrected chi connectivity index (χ1v) is 5.61. The summed E-state index contributed by atoms with van der Waals surface area (Å²) in [5, 5.41) is 10.1. The second-order valence-electron chi connectivity index (χ2n) is 4.10. The van der Waals surface area contributed by atoms with Gasteiger partial charge >= 0.3 is 0 Å². The molecule has 0 bridgehead atoms. The molecule has 0 aromatic carbocycles. The van der Waals surface area contributed by atoms with Gasteiger partial charge in [-0.25, -0.2) is 0 Å². The van der Waals surface area contributed by atoms with Crippen molar-refractivity contribution in [1.29, 1.82) is 0 Å². The minimum Gasteiger partial charge on any atom is -0.315 e. The molecule has 1 amide bonds. The molecule has 0 aliphatic heterocycles. The lowest BCUT2D eigenvalue weighted by Crippen LogP contribution is -2.25. The second-order valence-corrected chi connectivity index (χ2v) is 4.10. The van der Waals surface area contributed by atoms with Gasteiger partial charge in [-0.1, -0.05) is 13.8 Å². The first-order valence-electron chi connectivity index (χ1n) is 5.61. The Balaban J connectivity index is 2.19. The largest absolute Gasteiger partial charge is 0.315 e. The van der Waals surface area contributed by atoms with E-state index in [0.717, 1.165) is 18.8 Å². The van der Waals surface area contributed by atoms with Crippen LogP contribution in [0.3, 0.4) is 0 Å². The average molecular weight is 224 g/mol. The first-order chi connectivity index (χ1) is 7.59. The van der Waals surface area contributed by atoms with E-state index in [1.165, 1.54) is 0 Å². The summed E-state index contributed by atoms with van der Waals surface area (Å²) in [5.41, 5.74) is 0. The summed E-state index contributed by atoms with van der Waals surface area (Å²) in [7, 11) is 1.80. The smallest absolute Gasteiger partial charge is 0.225 e. The van der Waals surface area contributed by atoms with Gasteiger partial charge in [0.25, 0.3) is 0 Å². The third kappa shape index (κ3) is 4.44. The van der Waals surface area contributed by atoms with E-state index in [4.69, 9.17) is 0 Å². The molecule has 1 aromatic rings. The maximum Gasteiger partial charge on any atom is 0.225 e. The van der Waals surface area contributed by atoms with Gasteiger partial charge in [-0.05, 0) is 13.0 Å². The highest BCUT2D eigenvalue weighted by Gasteiger charge is 2.04. The van der Waals surface area contributed by atoms with Crippen molar-refractivity contribution in [3.05, 3.63) is 12.3 Å². The van der Waals surface area contributed by atoms with Crippen molar-refractivity contribution in [3.63, 3.8) is 0 Å². The van der Waals surface area contributed by atoms with E-state index < -0.39 is 0 Å². The van der Waals surface area contributed by atoms with Crippen LogP contribution in [0.4, 0.5) is 5.82 Å². The van der Waals surface area contributed by atoms with Gasteiger partial charge < -0.3 is 10.6 Å². The molecule has 0 radical (unpaired) electrons. The summed E-state index contributed by atoms with van der Waals surface area (Å²) < 4.78 is 1.64. The number of hydrogen-bond donors (Lipinski definition) is 2. The lowest BCUT2D eigenvalue weighted by Gasteiger charge is -2.08. The molecule has 16 heavy (non-hydrogen) atoms. The van der Waals surface area contributed by atoms with Crippen molar-refractivity contribution in [1.82, 2.24) is 15.1 Å². The fraction of sp³-hybridized carbons (Fsp3) is 0.636. The normalized spacial score (nSPS) is 10.8. The summed E-state index contributed by atoms with van der Waals surface area (Å²) in [5.74, 6) is 0.774. The zero-order valence-corrected chi connectivity index (χ0v) is 10.2. The highest BCUT2D eigenvalue weighted by Crippen LogP contribution is 2.04. The van der Waals surface area contributed by atoms with Crippen molar-refractivity contribution in [3.8, 4) is 0 Å². The number of aromatic nitrogens is 2. The number of hydrogen-bond acceptors (Lipinski definition) is 3. The topological polar surface area (TPSA) is 59.0 Å². The monoisotopic (exact) mass is 224 g/mol. The highest BCUT2D eigenvalue weighted by molar-refractivity contribution is 5.89. The predicted octanol–water partition coefficient (Wildman–Crippen LogP) is 1.14. The molecule has 1 aromatic heterocycles. The molecule has 1 rings (SSSR count). The number of aryl methyl sites for hydroxylation is 1. The molecule has 90 valence electrons. The van der Waals surface area contributed by atoms with E-state index in [-0.39, 0.29) is 5.91 Å². The van der Waals surface area contributed by atoms with Crippen LogP contribution >= 0.6 is 0 Å². The number of anilines is 1. The van der Waals surface area contributed by atoms with Crippen LogP contribution in [0.25, 0.3) is 0 Å². The Bertz CT molecular complexity index is 332. The van der Waals surface area contributed by atoms with Crippen LogP contribution in [0, 0.1) is 0 Å². The van der Waals surface area contributed by atoms with Crippen LogP contribution in [0.15, 0.2) is 12.3 Å². The Labute approximate surface area is 96.2 Å². The van der Waals surface area contributed by atoms with Crippen LogP contribution in [0.1, 0.15) is 26.7 Å². The maximum atomic E-state index is 11.5. The molecule has 0 fully saturated rings. The quantitative estimate of drug-likeness (QED) is 0.712. The predicted molar refractivity (Wildman–Crippen MR) is 64.2 cm³/mol. The number of carbonyl (C=O) groups excluding carboxylic acids is 1. The van der Waals surface area contributed by atoms with E-state index in [1.807, 2.05) is 0 Å². The van der Waals surface area contributed by atoms with Crippen molar-refractivity contribution in [2.45, 2.75) is 32.7 Å². The Morgan fingerprint density at radius 1 is 1.56 bits per heavy atom. The minimum absolute atomic E-state index is 0.0363. The summed E-state index contributed by atoms with van der Waals surface area (Å²) in [6.45, 7) is 5.06. The molecule has 0 unspecified atom stereocenters. The lowest BCUT2D eigenvalue weighted by atomic mass is 10.2. The van der Waals surface area contributed by atoms with Crippen molar-refractivity contribution < 1.29 is 4.79 Å². The number of amides is 1. The van der Waals surface area contributed by atoms with Gasteiger partial charge in [0, 0.05) is 25.6 Å². The number of rotatable bonds is 6. The molecular weight excluding hydrogens is 204 g/mol. The molecule has 5 nitrogen and oxygen atoms in total. The summed E-state index contributed by atoms with van der Waals surface area (Å²) in [6.07, 6.45) is 3.04. The van der Waals surface area contributed by atoms with Crippen LogP contribution < -0.4 is 10.6 Å². The molecule has 0 aliphatic rings. The number of nitrogens with zero attached hydrogens (tertiary/aromatic N) is 2. The molecular formula is C11H20N4O. The molecule has 5 heteroatoms. The molecule has 2 N–H and O–H groups in total. The van der Waals surface area contributed by atoms with Gasteiger partial charge in [0.15, 0.2) is 0 Å². The van der Waals surface area contributed by atoms with Gasteiger partial charge in [0.2, 0.25) is 5.91 Å². The SMILES string of the molecule is CC(C)NCCCC(=O)Nc1ccnn1C. The van der Waals surface area contributed by atoms with E-state index in [9.17, 15) is 4.79 Å². The summed E-state index contributed by atoms with van der Waals surface area (Å²) in [4.78, 5) is 11.5. The molecule has 0 spiro atoms. The van der Waals surface area contributed by atoms with Crippen molar-refractivity contribution >= 4 is 11.7 Å².